The quantitative estimate of drug-likeness (QED) is 0.488. The third-order valence-corrected chi connectivity index (χ3v) is 2.97. The van der Waals surface area contributed by atoms with Gasteiger partial charge in [0.15, 0.2) is 0 Å². The first-order valence-electron chi connectivity index (χ1n) is 4.50. The lowest BCUT2D eigenvalue weighted by Gasteiger charge is -2.10. The van der Waals surface area contributed by atoms with Crippen molar-refractivity contribution in [1.29, 1.82) is 0 Å². The van der Waals surface area contributed by atoms with Gasteiger partial charge in [0.1, 0.15) is 6.17 Å². The Morgan fingerprint density at radius 2 is 1.70 bits per heavy atom. The Balaban J connectivity index is 1.85. The van der Waals surface area contributed by atoms with Crippen LogP contribution in [0.4, 0.5) is 4.39 Å². The SMILES string of the molecule is FC1CCCCC2CC2C1. The molecule has 0 nitrogen and oxygen atoms in total. The molecule has 0 aliphatic heterocycles. The Morgan fingerprint density at radius 1 is 0.900 bits per heavy atom. The molecule has 2 rings (SSSR count). The van der Waals surface area contributed by atoms with Gasteiger partial charge in [0, 0.05) is 0 Å². The van der Waals surface area contributed by atoms with Crippen LogP contribution in [0.25, 0.3) is 0 Å². The Morgan fingerprint density at radius 3 is 2.60 bits per heavy atom. The van der Waals surface area contributed by atoms with Crippen LogP contribution in [0.2, 0.25) is 0 Å². The third-order valence-electron chi connectivity index (χ3n) is 2.97. The summed E-state index contributed by atoms with van der Waals surface area (Å²) in [5.41, 5.74) is 0. The Labute approximate surface area is 61.8 Å². The second-order valence-corrected chi connectivity index (χ2v) is 3.87. The predicted octanol–water partition coefficient (Wildman–Crippen LogP) is 2.92. The van der Waals surface area contributed by atoms with E-state index in [2.05, 4.69) is 0 Å². The van der Waals surface area contributed by atoms with Crippen LogP contribution in [0.1, 0.15) is 38.5 Å². The van der Waals surface area contributed by atoms with Gasteiger partial charge in [0.05, 0.1) is 0 Å². The van der Waals surface area contributed by atoms with E-state index in [9.17, 15) is 4.39 Å². The minimum Gasteiger partial charge on any atom is -0.247 e. The second-order valence-electron chi connectivity index (χ2n) is 3.87. The topological polar surface area (TPSA) is 0 Å². The van der Waals surface area contributed by atoms with Crippen LogP contribution in [0.3, 0.4) is 0 Å². The summed E-state index contributed by atoms with van der Waals surface area (Å²) in [7, 11) is 0. The Bertz CT molecular complexity index is 122. The number of alkyl halides is 1. The fourth-order valence-electron chi connectivity index (χ4n) is 2.17. The van der Waals surface area contributed by atoms with E-state index in [0.717, 1.165) is 31.1 Å². The lowest BCUT2D eigenvalue weighted by molar-refractivity contribution is 0.260. The number of halogens is 1. The molecule has 2 aliphatic rings. The van der Waals surface area contributed by atoms with Crippen molar-refractivity contribution < 1.29 is 4.39 Å². The average Bonchev–Trinajstić information content (AvgIpc) is 2.54. The smallest absolute Gasteiger partial charge is 0.100 e. The monoisotopic (exact) mass is 142 g/mol. The largest absolute Gasteiger partial charge is 0.247 e. The molecule has 10 heavy (non-hydrogen) atoms. The van der Waals surface area contributed by atoms with E-state index in [1.807, 2.05) is 0 Å². The van der Waals surface area contributed by atoms with E-state index in [4.69, 9.17) is 0 Å². The fraction of sp³-hybridized carbons (Fsp3) is 1.00. The van der Waals surface area contributed by atoms with Gasteiger partial charge in [-0.1, -0.05) is 19.3 Å². The van der Waals surface area contributed by atoms with E-state index in [-0.39, 0.29) is 0 Å². The normalized spacial score (nSPS) is 47.1. The van der Waals surface area contributed by atoms with Gasteiger partial charge in [0.25, 0.3) is 0 Å². The molecule has 0 spiro atoms. The minimum atomic E-state index is -0.463. The van der Waals surface area contributed by atoms with Crippen LogP contribution in [0.15, 0.2) is 0 Å². The molecule has 2 fully saturated rings. The van der Waals surface area contributed by atoms with Gasteiger partial charge in [0.2, 0.25) is 0 Å². The van der Waals surface area contributed by atoms with Gasteiger partial charge >= 0.3 is 0 Å². The molecule has 0 radical (unpaired) electrons. The second kappa shape index (κ2) is 2.52. The van der Waals surface area contributed by atoms with E-state index in [1.165, 1.54) is 19.3 Å². The number of hydrogen-bond donors (Lipinski definition) is 0. The zero-order valence-corrected chi connectivity index (χ0v) is 6.35. The zero-order chi connectivity index (χ0) is 6.97. The van der Waals surface area contributed by atoms with Gasteiger partial charge in [-0.2, -0.15) is 0 Å². The van der Waals surface area contributed by atoms with Crippen molar-refractivity contribution in [2.75, 3.05) is 0 Å². The molecule has 0 aromatic carbocycles. The Hall–Kier alpha value is -0.0700. The molecular formula is C9H15F. The predicted molar refractivity (Wildman–Crippen MR) is 39.6 cm³/mol. The van der Waals surface area contributed by atoms with Crippen LogP contribution < -0.4 is 0 Å². The molecule has 0 aromatic heterocycles. The lowest BCUT2D eigenvalue weighted by Crippen LogP contribution is -2.04. The third kappa shape index (κ3) is 1.33. The molecule has 0 N–H and O–H groups in total. The van der Waals surface area contributed by atoms with E-state index < -0.39 is 6.17 Å². The van der Waals surface area contributed by atoms with Gasteiger partial charge in [-0.05, 0) is 31.1 Å². The molecule has 2 saturated carbocycles. The highest BCUT2D eigenvalue weighted by atomic mass is 19.1. The molecule has 58 valence electrons. The van der Waals surface area contributed by atoms with Crippen molar-refractivity contribution >= 4 is 0 Å². The van der Waals surface area contributed by atoms with Gasteiger partial charge < -0.3 is 0 Å². The van der Waals surface area contributed by atoms with Crippen LogP contribution in [-0.2, 0) is 0 Å². The van der Waals surface area contributed by atoms with Crippen molar-refractivity contribution in [3.05, 3.63) is 0 Å². The maximum absolute atomic E-state index is 12.9. The zero-order valence-electron chi connectivity index (χ0n) is 6.35. The molecule has 0 aromatic rings. The van der Waals surface area contributed by atoms with Crippen molar-refractivity contribution in [2.45, 2.75) is 44.7 Å². The summed E-state index contributed by atoms with van der Waals surface area (Å²) in [6, 6.07) is 0. The number of hydrogen-bond acceptors (Lipinski definition) is 0. The van der Waals surface area contributed by atoms with E-state index in [1.54, 1.807) is 0 Å². The molecule has 3 atom stereocenters. The van der Waals surface area contributed by atoms with Crippen molar-refractivity contribution in [3.63, 3.8) is 0 Å². The summed E-state index contributed by atoms with van der Waals surface area (Å²) in [5, 5.41) is 0. The van der Waals surface area contributed by atoms with E-state index in [0.29, 0.717) is 0 Å². The molecule has 0 saturated heterocycles. The highest BCUT2D eigenvalue weighted by Gasteiger charge is 2.38. The molecule has 2 aliphatic carbocycles. The number of fused-ring (bicyclic) bond motifs is 1. The van der Waals surface area contributed by atoms with Crippen LogP contribution in [0.5, 0.6) is 0 Å². The summed E-state index contributed by atoms with van der Waals surface area (Å²) in [5.74, 6) is 1.72. The van der Waals surface area contributed by atoms with Crippen LogP contribution >= 0.6 is 0 Å². The first-order valence-corrected chi connectivity index (χ1v) is 4.50. The maximum Gasteiger partial charge on any atom is 0.100 e. The molecule has 3 unspecified atom stereocenters. The highest BCUT2D eigenvalue weighted by molar-refractivity contribution is 4.89. The first-order chi connectivity index (χ1) is 4.86. The maximum atomic E-state index is 12.9. The average molecular weight is 142 g/mol. The summed E-state index contributed by atoms with van der Waals surface area (Å²) in [6.07, 6.45) is 6.38. The van der Waals surface area contributed by atoms with Gasteiger partial charge in [-0.15, -0.1) is 0 Å². The highest BCUT2D eigenvalue weighted by Crippen LogP contribution is 2.47. The van der Waals surface area contributed by atoms with E-state index >= 15 is 0 Å². The standard InChI is InChI=1S/C9H15F/c10-9-4-2-1-3-7-5-8(7)6-9/h7-9H,1-6H2. The van der Waals surface area contributed by atoms with Crippen LogP contribution in [-0.4, -0.2) is 6.17 Å². The lowest BCUT2D eigenvalue weighted by atomic mass is 10.00. The van der Waals surface area contributed by atoms with Crippen molar-refractivity contribution in [2.24, 2.45) is 11.8 Å². The summed E-state index contributed by atoms with van der Waals surface area (Å²) >= 11 is 0. The van der Waals surface area contributed by atoms with Crippen LogP contribution in [0, 0.1) is 11.8 Å². The molecule has 0 amide bonds. The number of rotatable bonds is 0. The molecule has 1 heteroatoms. The minimum absolute atomic E-state index is 0.463. The first kappa shape index (κ1) is 6.63. The molecular weight excluding hydrogens is 127 g/mol. The fourth-order valence-corrected chi connectivity index (χ4v) is 2.17. The Kier molecular flexibility index (Phi) is 1.67. The van der Waals surface area contributed by atoms with Crippen molar-refractivity contribution in [1.82, 2.24) is 0 Å². The molecule has 0 bridgehead atoms. The summed E-state index contributed by atoms with van der Waals surface area (Å²) in [4.78, 5) is 0. The molecule has 0 heterocycles. The summed E-state index contributed by atoms with van der Waals surface area (Å²) < 4.78 is 12.9. The van der Waals surface area contributed by atoms with Gasteiger partial charge in [-0.3, -0.25) is 0 Å². The van der Waals surface area contributed by atoms with Gasteiger partial charge in [-0.25, -0.2) is 4.39 Å². The van der Waals surface area contributed by atoms with Crippen molar-refractivity contribution in [3.8, 4) is 0 Å². The summed E-state index contributed by atoms with van der Waals surface area (Å²) in [6.45, 7) is 0.